The molecule has 2 aliphatic heterocycles. The molecule has 1 aromatic heterocycles. The number of amides is 2. The molecule has 2 aliphatic rings. The second-order valence-electron chi connectivity index (χ2n) is 6.05. The number of aromatic nitrogens is 1. The van der Waals surface area contributed by atoms with E-state index in [1.807, 2.05) is 33.7 Å². The Balaban J connectivity index is 1.60. The van der Waals surface area contributed by atoms with Crippen molar-refractivity contribution in [3.05, 3.63) is 30.1 Å². The number of hydrogen-bond donors (Lipinski definition) is 0. The number of nitrogens with zero attached hydrogens (tertiary/aromatic N) is 3. The van der Waals surface area contributed by atoms with E-state index in [4.69, 9.17) is 4.74 Å². The van der Waals surface area contributed by atoms with Gasteiger partial charge < -0.3 is 14.5 Å². The molecule has 0 saturated carbocycles. The van der Waals surface area contributed by atoms with Crippen LogP contribution in [0.25, 0.3) is 0 Å². The maximum absolute atomic E-state index is 12.7. The first kappa shape index (κ1) is 17.2. The van der Waals surface area contributed by atoms with Crippen molar-refractivity contribution < 1.29 is 14.3 Å². The van der Waals surface area contributed by atoms with Crippen LogP contribution in [0.5, 0.6) is 0 Å². The maximum atomic E-state index is 12.7. The summed E-state index contributed by atoms with van der Waals surface area (Å²) in [5, 5.41) is 0. The lowest BCUT2D eigenvalue weighted by atomic mass is 10.1. The Hall–Kier alpha value is -1.60. The largest absolute Gasteiger partial charge is 0.377 e. The quantitative estimate of drug-likeness (QED) is 0.805. The average Bonchev–Trinajstić information content (AvgIpc) is 2.63. The Morgan fingerprint density at radius 2 is 1.92 bits per heavy atom. The summed E-state index contributed by atoms with van der Waals surface area (Å²) in [5.41, 5.74) is 0.944. The predicted octanol–water partition coefficient (Wildman–Crippen LogP) is 0.817. The summed E-state index contributed by atoms with van der Waals surface area (Å²) in [5.74, 6) is 2.18. The molecule has 1 atom stereocenters. The van der Waals surface area contributed by atoms with Gasteiger partial charge in [0.25, 0.3) is 0 Å². The fourth-order valence-corrected chi connectivity index (χ4v) is 3.98. The first-order valence-corrected chi connectivity index (χ1v) is 9.51. The van der Waals surface area contributed by atoms with Crippen molar-refractivity contribution in [3.63, 3.8) is 0 Å². The number of carbonyl (C=O) groups excluding carboxylic acids is 2. The lowest BCUT2D eigenvalue weighted by molar-refractivity contribution is -0.143. The Labute approximate surface area is 146 Å². The molecule has 3 rings (SSSR count). The van der Waals surface area contributed by atoms with Crippen LogP contribution >= 0.6 is 11.8 Å². The summed E-state index contributed by atoms with van der Waals surface area (Å²) in [6, 6.07) is 3.54. The topological polar surface area (TPSA) is 62.7 Å². The van der Waals surface area contributed by atoms with Crippen LogP contribution in [0.3, 0.4) is 0 Å². The normalized spacial score (nSPS) is 21.6. The predicted molar refractivity (Wildman–Crippen MR) is 92.8 cm³/mol. The highest BCUT2D eigenvalue weighted by Gasteiger charge is 2.30. The highest BCUT2D eigenvalue weighted by Crippen LogP contribution is 2.16. The smallest absolute Gasteiger partial charge is 0.227 e. The molecule has 2 fully saturated rings. The van der Waals surface area contributed by atoms with Crippen molar-refractivity contribution in [1.29, 1.82) is 0 Å². The zero-order valence-electron chi connectivity index (χ0n) is 13.7. The van der Waals surface area contributed by atoms with Crippen molar-refractivity contribution >= 4 is 23.6 Å². The number of carbonyl (C=O) groups is 2. The van der Waals surface area contributed by atoms with E-state index in [1.165, 1.54) is 0 Å². The van der Waals surface area contributed by atoms with Crippen molar-refractivity contribution in [2.75, 3.05) is 44.4 Å². The van der Waals surface area contributed by atoms with Crippen LogP contribution in [0, 0.1) is 0 Å². The van der Waals surface area contributed by atoms with Crippen LogP contribution in [0.15, 0.2) is 24.5 Å². The van der Waals surface area contributed by atoms with Gasteiger partial charge in [-0.2, -0.15) is 11.8 Å². The van der Waals surface area contributed by atoms with E-state index < -0.39 is 0 Å². The molecular formula is C17H23N3O3S. The fraction of sp³-hybridized carbons (Fsp3) is 0.588. The van der Waals surface area contributed by atoms with Gasteiger partial charge in [-0.1, -0.05) is 0 Å². The van der Waals surface area contributed by atoms with E-state index in [1.54, 1.807) is 12.4 Å². The van der Waals surface area contributed by atoms with Gasteiger partial charge in [-0.05, 0) is 17.7 Å². The lowest BCUT2D eigenvalue weighted by Gasteiger charge is -2.37. The Morgan fingerprint density at radius 1 is 1.17 bits per heavy atom. The van der Waals surface area contributed by atoms with Crippen LogP contribution in [0.2, 0.25) is 0 Å². The van der Waals surface area contributed by atoms with Crippen LogP contribution in [-0.2, 0) is 20.7 Å². The zero-order valence-corrected chi connectivity index (χ0v) is 14.5. The lowest BCUT2D eigenvalue weighted by Crippen LogP contribution is -2.51. The Morgan fingerprint density at radius 3 is 2.67 bits per heavy atom. The van der Waals surface area contributed by atoms with Gasteiger partial charge in [-0.3, -0.25) is 14.6 Å². The molecule has 0 aliphatic carbocycles. The minimum Gasteiger partial charge on any atom is -0.377 e. The molecule has 24 heavy (non-hydrogen) atoms. The van der Waals surface area contributed by atoms with Gasteiger partial charge in [0.15, 0.2) is 0 Å². The highest BCUT2D eigenvalue weighted by molar-refractivity contribution is 7.99. The molecule has 2 saturated heterocycles. The van der Waals surface area contributed by atoms with Gasteiger partial charge in [-0.15, -0.1) is 0 Å². The van der Waals surface area contributed by atoms with Gasteiger partial charge in [0.05, 0.1) is 25.7 Å². The maximum Gasteiger partial charge on any atom is 0.227 e. The molecule has 130 valence electrons. The van der Waals surface area contributed by atoms with Crippen LogP contribution in [0.1, 0.15) is 12.0 Å². The van der Waals surface area contributed by atoms with Gasteiger partial charge in [0.1, 0.15) is 0 Å². The minimum absolute atomic E-state index is 0.0523. The van der Waals surface area contributed by atoms with E-state index in [2.05, 4.69) is 4.98 Å². The molecule has 1 aromatic rings. The first-order chi connectivity index (χ1) is 11.7. The number of rotatable bonds is 4. The molecule has 7 heteroatoms. The summed E-state index contributed by atoms with van der Waals surface area (Å²) in [4.78, 5) is 32.9. The summed E-state index contributed by atoms with van der Waals surface area (Å²) in [6.45, 7) is 3.14. The monoisotopic (exact) mass is 349 g/mol. The van der Waals surface area contributed by atoms with Crippen LogP contribution < -0.4 is 0 Å². The summed E-state index contributed by atoms with van der Waals surface area (Å²) < 4.78 is 5.52. The zero-order chi connectivity index (χ0) is 16.8. The Bertz CT molecular complexity index is 563. The van der Waals surface area contributed by atoms with E-state index in [-0.39, 0.29) is 17.9 Å². The van der Waals surface area contributed by atoms with Gasteiger partial charge >= 0.3 is 0 Å². The number of morpholine rings is 1. The Kier molecular flexibility index (Phi) is 6.09. The van der Waals surface area contributed by atoms with Gasteiger partial charge in [0, 0.05) is 50.0 Å². The molecule has 0 spiro atoms. The SMILES string of the molecule is O=C(CC1COCCN1C(=O)Cc1ccncc1)N1CCSCC1. The number of ether oxygens (including phenoxy) is 1. The van der Waals surface area contributed by atoms with E-state index in [9.17, 15) is 9.59 Å². The average molecular weight is 349 g/mol. The van der Waals surface area contributed by atoms with Crippen molar-refractivity contribution in [2.24, 2.45) is 0 Å². The van der Waals surface area contributed by atoms with Crippen LogP contribution in [-0.4, -0.2) is 77.0 Å². The summed E-state index contributed by atoms with van der Waals surface area (Å²) in [6.07, 6.45) is 4.08. The third-order valence-corrected chi connectivity index (χ3v) is 5.37. The minimum atomic E-state index is -0.157. The molecule has 0 bridgehead atoms. The van der Waals surface area contributed by atoms with Crippen LogP contribution in [0.4, 0.5) is 0 Å². The van der Waals surface area contributed by atoms with Gasteiger partial charge in [-0.25, -0.2) is 0 Å². The molecule has 0 N–H and O–H groups in total. The van der Waals surface area contributed by atoms with E-state index in [0.29, 0.717) is 32.6 Å². The molecule has 3 heterocycles. The third-order valence-electron chi connectivity index (χ3n) is 4.43. The van der Waals surface area contributed by atoms with Gasteiger partial charge in [0.2, 0.25) is 11.8 Å². The second kappa shape index (κ2) is 8.48. The molecule has 0 radical (unpaired) electrons. The molecule has 1 unspecified atom stereocenters. The van der Waals surface area contributed by atoms with E-state index >= 15 is 0 Å². The van der Waals surface area contributed by atoms with Crippen molar-refractivity contribution in [2.45, 2.75) is 18.9 Å². The van der Waals surface area contributed by atoms with E-state index in [0.717, 1.165) is 30.2 Å². The molecule has 0 aromatic carbocycles. The number of thioether (sulfide) groups is 1. The molecule has 2 amide bonds. The first-order valence-electron chi connectivity index (χ1n) is 8.35. The standard InChI is InChI=1S/C17H23N3O3S/c21-16(19-6-9-24-10-7-19)12-15-13-23-8-5-20(15)17(22)11-14-1-3-18-4-2-14/h1-4,15H,5-13H2. The fourth-order valence-electron chi connectivity index (χ4n) is 3.07. The van der Waals surface area contributed by atoms with Crippen molar-refractivity contribution in [1.82, 2.24) is 14.8 Å². The molecular weight excluding hydrogens is 326 g/mol. The number of pyridine rings is 1. The number of hydrogen-bond acceptors (Lipinski definition) is 5. The van der Waals surface area contributed by atoms with Crippen molar-refractivity contribution in [3.8, 4) is 0 Å². The highest BCUT2D eigenvalue weighted by atomic mass is 32.2. The summed E-state index contributed by atoms with van der Waals surface area (Å²) in [7, 11) is 0. The third kappa shape index (κ3) is 4.48. The summed E-state index contributed by atoms with van der Waals surface area (Å²) >= 11 is 1.88. The second-order valence-corrected chi connectivity index (χ2v) is 7.27. The molecule has 6 nitrogen and oxygen atoms in total.